The van der Waals surface area contributed by atoms with Crippen molar-refractivity contribution < 1.29 is 60.7 Å². The van der Waals surface area contributed by atoms with Crippen LogP contribution in [-0.2, 0) is 36.9 Å². The van der Waals surface area contributed by atoms with Gasteiger partial charge in [0.2, 0.25) is 11.7 Å². The molecule has 3 aromatic rings. The molecule has 67 heavy (non-hydrogen) atoms. The Labute approximate surface area is 393 Å². The van der Waals surface area contributed by atoms with Gasteiger partial charge in [-0.2, -0.15) is 0 Å². The summed E-state index contributed by atoms with van der Waals surface area (Å²) in [4.78, 5) is 34.8. The number of nitrogens with two attached hydrogens (primary N) is 3. The van der Waals surface area contributed by atoms with E-state index in [1.54, 1.807) is 24.3 Å². The SMILES string of the molecule is N=C(NCCCCc1ccc(C[C@H](N)C(=O)Nc2ccc(CCCN(C[C@H](O)C[C@H](O)[C@H](O)CO)CC(O)(O)[C@@H](O)[C@H](O)[C@H](O)CO)cc2)c2c1CCCC2)NC(=O)c1nc(Cl)c(N)nc1N. The Balaban J connectivity index is 1.27. The second kappa shape index (κ2) is 26.2. The molecule has 372 valence electrons. The summed E-state index contributed by atoms with van der Waals surface area (Å²) in [7, 11) is 0. The van der Waals surface area contributed by atoms with E-state index in [2.05, 4.69) is 32.0 Å². The summed E-state index contributed by atoms with van der Waals surface area (Å²) < 4.78 is 0. The van der Waals surface area contributed by atoms with Crippen molar-refractivity contribution >= 4 is 46.7 Å². The molecule has 7 atom stereocenters. The van der Waals surface area contributed by atoms with E-state index < -0.39 is 74.1 Å². The van der Waals surface area contributed by atoms with Gasteiger partial charge in [0, 0.05) is 25.2 Å². The highest BCUT2D eigenvalue weighted by atomic mass is 35.5. The first-order valence-electron chi connectivity index (χ1n) is 22.2. The number of carbonyl (C=O) groups excluding carboxylic acids is 2. The molecule has 1 heterocycles. The molecule has 0 spiro atoms. The number of anilines is 3. The van der Waals surface area contributed by atoms with Gasteiger partial charge in [-0.05, 0) is 111 Å². The molecular weight excluding hydrogens is 896 g/mol. The Morgan fingerprint density at radius 1 is 0.836 bits per heavy atom. The Bertz CT molecular complexity index is 2090. The predicted octanol–water partition coefficient (Wildman–Crippen LogP) is -2.59. The maximum atomic E-state index is 13.3. The fourth-order valence-corrected chi connectivity index (χ4v) is 8.05. The van der Waals surface area contributed by atoms with Crippen molar-refractivity contribution in [2.75, 3.05) is 56.2 Å². The lowest BCUT2D eigenvalue weighted by Crippen LogP contribution is -2.59. The summed E-state index contributed by atoms with van der Waals surface area (Å²) in [5, 5.41) is 116. The number of unbranched alkanes of at least 4 members (excludes halogenated alkanes) is 1. The number of aromatic nitrogens is 2. The number of nitrogens with one attached hydrogen (secondary N) is 4. The van der Waals surface area contributed by atoms with Gasteiger partial charge in [-0.3, -0.25) is 25.2 Å². The zero-order valence-electron chi connectivity index (χ0n) is 37.3. The number of hydrogen-bond acceptors (Lipinski definition) is 19. The molecule has 22 nitrogen and oxygen atoms in total. The van der Waals surface area contributed by atoms with Crippen LogP contribution in [0.3, 0.4) is 0 Å². The van der Waals surface area contributed by atoms with Crippen molar-refractivity contribution in [3.05, 3.63) is 75.1 Å². The number of nitrogen functional groups attached to an aromatic ring is 2. The molecule has 1 aliphatic rings. The molecule has 2 aromatic carbocycles. The minimum Gasteiger partial charge on any atom is -0.394 e. The first-order chi connectivity index (χ1) is 31.7. The van der Waals surface area contributed by atoms with Crippen molar-refractivity contribution in [3.8, 4) is 0 Å². The molecule has 0 unspecified atom stereocenters. The lowest BCUT2D eigenvalue weighted by molar-refractivity contribution is -0.265. The highest BCUT2D eigenvalue weighted by Crippen LogP contribution is 2.30. The number of nitrogens with zero attached hydrogens (tertiary/aromatic N) is 3. The van der Waals surface area contributed by atoms with Gasteiger partial charge in [-0.1, -0.05) is 35.9 Å². The highest BCUT2D eigenvalue weighted by molar-refractivity contribution is 6.31. The average molecular weight is 964 g/mol. The van der Waals surface area contributed by atoms with Gasteiger partial charge in [-0.25, -0.2) is 9.97 Å². The smallest absolute Gasteiger partial charge is 0.280 e. The van der Waals surface area contributed by atoms with Crippen LogP contribution < -0.4 is 33.2 Å². The number of aliphatic hydroxyl groups is 10. The van der Waals surface area contributed by atoms with E-state index in [0.29, 0.717) is 31.5 Å². The molecule has 0 fully saturated rings. The highest BCUT2D eigenvalue weighted by Gasteiger charge is 2.42. The quantitative estimate of drug-likeness (QED) is 0.0170. The minimum absolute atomic E-state index is 0.103. The van der Waals surface area contributed by atoms with Crippen molar-refractivity contribution in [1.82, 2.24) is 25.5 Å². The predicted molar refractivity (Wildman–Crippen MR) is 249 cm³/mol. The molecule has 4 rings (SSSR count). The first-order valence-corrected chi connectivity index (χ1v) is 22.6. The number of aliphatic hydroxyl groups excluding tert-OH is 8. The third-order valence-electron chi connectivity index (χ3n) is 11.6. The second-order valence-electron chi connectivity index (χ2n) is 17.0. The number of benzene rings is 2. The van der Waals surface area contributed by atoms with Crippen molar-refractivity contribution in [2.45, 2.75) is 119 Å². The number of aryl methyl sites for hydroxylation is 2. The van der Waals surface area contributed by atoms with Gasteiger partial charge < -0.3 is 78.9 Å². The van der Waals surface area contributed by atoms with Crippen LogP contribution in [0, 0.1) is 5.41 Å². The Morgan fingerprint density at radius 2 is 1.48 bits per heavy atom. The van der Waals surface area contributed by atoms with E-state index in [1.165, 1.54) is 21.6 Å². The normalized spacial score (nSPS) is 16.0. The molecule has 2 amide bonds. The molecule has 0 radical (unpaired) electrons. The third-order valence-corrected chi connectivity index (χ3v) is 11.9. The van der Waals surface area contributed by atoms with Crippen LogP contribution in [-0.4, -0.2) is 172 Å². The Morgan fingerprint density at radius 3 is 2.13 bits per heavy atom. The molecular formula is C44H67ClN10O12. The monoisotopic (exact) mass is 962 g/mol. The fraction of sp³-hybridized carbons (Fsp3) is 0.568. The Hall–Kier alpha value is -4.66. The topological polar surface area (TPSA) is 403 Å². The number of guanidine groups is 1. The van der Waals surface area contributed by atoms with E-state index in [-0.39, 0.29) is 53.9 Å². The number of carbonyl (C=O) groups is 2. The van der Waals surface area contributed by atoms with Crippen molar-refractivity contribution in [2.24, 2.45) is 5.73 Å². The fourth-order valence-electron chi connectivity index (χ4n) is 7.93. The number of hydrogen-bond donors (Lipinski definition) is 17. The zero-order valence-corrected chi connectivity index (χ0v) is 38.0. The summed E-state index contributed by atoms with van der Waals surface area (Å²) in [6.07, 6.45) is -3.57. The van der Waals surface area contributed by atoms with Crippen LogP contribution in [0.25, 0.3) is 0 Å². The van der Waals surface area contributed by atoms with Crippen LogP contribution in [0.15, 0.2) is 36.4 Å². The molecule has 1 aromatic heterocycles. The zero-order chi connectivity index (χ0) is 49.4. The average Bonchev–Trinajstić information content (AvgIpc) is 3.29. The van der Waals surface area contributed by atoms with Gasteiger partial charge in [0.05, 0.1) is 38.0 Å². The van der Waals surface area contributed by atoms with Crippen LogP contribution in [0.4, 0.5) is 17.3 Å². The van der Waals surface area contributed by atoms with Crippen LogP contribution in [0.2, 0.25) is 5.15 Å². The van der Waals surface area contributed by atoms with Gasteiger partial charge in [0.15, 0.2) is 28.4 Å². The summed E-state index contributed by atoms with van der Waals surface area (Å²) in [6, 6.07) is 10.4. The number of halogens is 1. The molecule has 0 aliphatic heterocycles. The summed E-state index contributed by atoms with van der Waals surface area (Å²) in [5.74, 6) is -4.64. The van der Waals surface area contributed by atoms with Crippen LogP contribution in [0.1, 0.15) is 76.8 Å². The minimum atomic E-state index is -3.01. The lowest BCUT2D eigenvalue weighted by Gasteiger charge is -2.37. The maximum absolute atomic E-state index is 13.3. The standard InChI is InChI=1S/C44H67ClN10O12/c45-38-40(48)53-39(47)35(52-38)42(65)54-43(49)50-16-4-3-7-25-12-13-26(30-9-2-1-8-29(25)30)18-31(46)41(64)51-27-14-10-24(11-15-27)6-5-17-55(20-28(58)19-32(59)33(60)21-56)23-44(66,67)37(63)36(62)34(61)22-57/h10-15,28,31-34,36-37,56-63,66-67H,1-9,16-23,46H2,(H,51,64)(H4,47,48,53)(H3,49,50,54,65)/t28-,31+,32+,33-,34-,36-,37+/m1/s1. The van der Waals surface area contributed by atoms with Crippen LogP contribution >= 0.6 is 11.6 Å². The van der Waals surface area contributed by atoms with Crippen molar-refractivity contribution in [1.29, 1.82) is 5.41 Å². The maximum Gasteiger partial charge on any atom is 0.280 e. The Kier molecular flexibility index (Phi) is 21.5. The van der Waals surface area contributed by atoms with Gasteiger partial charge in [-0.15, -0.1) is 0 Å². The number of fused-ring (bicyclic) bond motifs is 1. The largest absolute Gasteiger partial charge is 0.394 e. The molecule has 20 N–H and O–H groups in total. The van der Waals surface area contributed by atoms with Gasteiger partial charge in [0.1, 0.15) is 24.4 Å². The summed E-state index contributed by atoms with van der Waals surface area (Å²) in [5.41, 5.74) is 23.7. The van der Waals surface area contributed by atoms with E-state index >= 15 is 0 Å². The number of rotatable bonds is 26. The van der Waals surface area contributed by atoms with Crippen molar-refractivity contribution in [3.63, 3.8) is 0 Å². The molecule has 1 aliphatic carbocycles. The number of amides is 2. The molecule has 0 saturated carbocycles. The molecule has 0 bridgehead atoms. The van der Waals surface area contributed by atoms with Gasteiger partial charge >= 0.3 is 0 Å². The molecule has 0 saturated heterocycles. The van der Waals surface area contributed by atoms with Gasteiger partial charge in [0.25, 0.3) is 5.91 Å². The van der Waals surface area contributed by atoms with E-state index in [1.807, 2.05) is 6.07 Å². The molecule has 23 heteroatoms. The summed E-state index contributed by atoms with van der Waals surface area (Å²) >= 11 is 5.86. The van der Waals surface area contributed by atoms with Crippen LogP contribution in [0.5, 0.6) is 0 Å². The van der Waals surface area contributed by atoms with E-state index in [0.717, 1.165) is 56.1 Å². The van der Waals surface area contributed by atoms with E-state index in [4.69, 9.17) is 44.4 Å². The first kappa shape index (κ1) is 54.9. The van der Waals surface area contributed by atoms with E-state index in [9.17, 15) is 50.4 Å². The lowest BCUT2D eigenvalue weighted by atomic mass is 9.82. The third kappa shape index (κ3) is 16.5. The summed E-state index contributed by atoms with van der Waals surface area (Å²) in [6.45, 7) is -2.18. The second-order valence-corrected chi connectivity index (χ2v) is 17.4.